The molecule has 1 heterocycles. The van der Waals surface area contributed by atoms with Crippen molar-refractivity contribution in [2.45, 2.75) is 32.0 Å². The zero-order valence-electron chi connectivity index (χ0n) is 15.1. The van der Waals surface area contributed by atoms with Gasteiger partial charge < -0.3 is 9.64 Å². The van der Waals surface area contributed by atoms with Crippen LogP contribution in [0, 0.1) is 5.92 Å². The third kappa shape index (κ3) is 4.81. The van der Waals surface area contributed by atoms with Crippen LogP contribution in [0.4, 0.5) is 13.2 Å². The number of piperidine rings is 1. The van der Waals surface area contributed by atoms with Gasteiger partial charge in [0.05, 0.1) is 5.92 Å². The Labute approximate surface area is 156 Å². The number of amides is 1. The normalized spacial score (nSPS) is 18.8. The minimum Gasteiger partial charge on any atom is -0.481 e. The summed E-state index contributed by atoms with van der Waals surface area (Å²) in [7, 11) is 0. The Hall–Kier alpha value is -2.50. The molecule has 0 saturated carbocycles. The van der Waals surface area contributed by atoms with Crippen molar-refractivity contribution < 1.29 is 22.7 Å². The second kappa shape index (κ2) is 8.03. The number of hydrogen-bond donors (Lipinski definition) is 0. The summed E-state index contributed by atoms with van der Waals surface area (Å²) in [6, 6.07) is 17.1. The summed E-state index contributed by atoms with van der Waals surface area (Å²) in [5.74, 6) is -1.34. The molecule has 144 valence electrons. The van der Waals surface area contributed by atoms with Crippen molar-refractivity contribution in [2.75, 3.05) is 13.1 Å². The summed E-state index contributed by atoms with van der Waals surface area (Å²) in [6.45, 7) is 1.62. The molecule has 6 heteroatoms. The molecule has 1 amide bonds. The van der Waals surface area contributed by atoms with Gasteiger partial charge >= 0.3 is 6.18 Å². The molecule has 1 saturated heterocycles. The molecule has 2 aromatic rings. The molecule has 1 fully saturated rings. The molecule has 0 spiro atoms. The Morgan fingerprint density at radius 3 is 2.33 bits per heavy atom. The van der Waals surface area contributed by atoms with Gasteiger partial charge in [-0.2, -0.15) is 13.2 Å². The molecular weight excluding hydrogens is 355 g/mol. The minimum absolute atomic E-state index is 0.0729. The van der Waals surface area contributed by atoms with Crippen LogP contribution in [0.3, 0.4) is 0 Å². The van der Waals surface area contributed by atoms with E-state index in [-0.39, 0.29) is 13.0 Å². The van der Waals surface area contributed by atoms with Gasteiger partial charge in [-0.25, -0.2) is 0 Å². The highest BCUT2D eigenvalue weighted by Gasteiger charge is 2.43. The lowest BCUT2D eigenvalue weighted by Gasteiger charge is -2.35. The van der Waals surface area contributed by atoms with Crippen molar-refractivity contribution in [1.29, 1.82) is 0 Å². The van der Waals surface area contributed by atoms with E-state index in [2.05, 4.69) is 0 Å². The van der Waals surface area contributed by atoms with Crippen molar-refractivity contribution in [2.24, 2.45) is 5.92 Å². The number of rotatable bonds is 4. The van der Waals surface area contributed by atoms with Crippen LogP contribution in [0.1, 0.15) is 19.8 Å². The number of likely N-dealkylation sites (tertiary alicyclic amines) is 1. The lowest BCUT2D eigenvalue weighted by atomic mass is 9.97. The van der Waals surface area contributed by atoms with Gasteiger partial charge in [0.2, 0.25) is 0 Å². The molecule has 2 atom stereocenters. The number of hydrogen-bond acceptors (Lipinski definition) is 2. The monoisotopic (exact) mass is 377 g/mol. The fourth-order valence-corrected chi connectivity index (χ4v) is 3.31. The van der Waals surface area contributed by atoms with Crippen LogP contribution < -0.4 is 4.74 Å². The van der Waals surface area contributed by atoms with E-state index in [0.717, 1.165) is 11.1 Å². The molecule has 2 aromatic carbocycles. The molecule has 0 radical (unpaired) electrons. The van der Waals surface area contributed by atoms with Crippen LogP contribution in [0.5, 0.6) is 5.75 Å². The molecule has 2 unspecified atom stereocenters. The SMILES string of the molecule is CC(Oc1ccc(-c2ccccc2)cc1)C(=O)N1CCCC(C(F)(F)F)C1. The highest BCUT2D eigenvalue weighted by Crippen LogP contribution is 2.33. The van der Waals surface area contributed by atoms with Crippen LogP contribution in [-0.2, 0) is 4.79 Å². The average molecular weight is 377 g/mol. The number of ether oxygens (including phenoxy) is 1. The van der Waals surface area contributed by atoms with E-state index in [4.69, 9.17) is 4.74 Å². The minimum atomic E-state index is -4.27. The van der Waals surface area contributed by atoms with E-state index in [9.17, 15) is 18.0 Å². The molecule has 3 rings (SSSR count). The van der Waals surface area contributed by atoms with Crippen LogP contribution >= 0.6 is 0 Å². The number of carbonyl (C=O) groups excluding carboxylic acids is 1. The van der Waals surface area contributed by atoms with E-state index in [0.29, 0.717) is 18.7 Å². The van der Waals surface area contributed by atoms with Crippen LogP contribution in [0.25, 0.3) is 11.1 Å². The predicted octanol–water partition coefficient (Wildman–Crippen LogP) is 4.92. The summed E-state index contributed by atoms with van der Waals surface area (Å²) in [5, 5.41) is 0. The zero-order valence-corrected chi connectivity index (χ0v) is 15.1. The van der Waals surface area contributed by atoms with Crippen LogP contribution in [0.2, 0.25) is 0 Å². The molecule has 1 aliphatic rings. The Bertz CT molecular complexity index is 759. The van der Waals surface area contributed by atoms with Gasteiger partial charge in [0.25, 0.3) is 5.91 Å². The molecule has 3 nitrogen and oxygen atoms in total. The summed E-state index contributed by atoms with van der Waals surface area (Å²) < 4.78 is 44.5. The fourth-order valence-electron chi connectivity index (χ4n) is 3.31. The van der Waals surface area contributed by atoms with Crippen LogP contribution in [0.15, 0.2) is 54.6 Å². The third-order valence-electron chi connectivity index (χ3n) is 4.82. The molecule has 1 aliphatic heterocycles. The number of halogens is 3. The topological polar surface area (TPSA) is 29.5 Å². The second-order valence-electron chi connectivity index (χ2n) is 6.82. The highest BCUT2D eigenvalue weighted by atomic mass is 19.4. The fraction of sp³-hybridized carbons (Fsp3) is 0.381. The van der Waals surface area contributed by atoms with Crippen molar-refractivity contribution in [3.63, 3.8) is 0 Å². The molecule has 0 N–H and O–H groups in total. The summed E-state index contributed by atoms with van der Waals surface area (Å²) in [5.41, 5.74) is 2.09. The Morgan fingerprint density at radius 2 is 1.70 bits per heavy atom. The molecule has 0 aromatic heterocycles. The van der Waals surface area contributed by atoms with Crippen molar-refractivity contribution in [3.05, 3.63) is 54.6 Å². The lowest BCUT2D eigenvalue weighted by Crippen LogP contribution is -2.48. The Morgan fingerprint density at radius 1 is 1.07 bits per heavy atom. The smallest absolute Gasteiger partial charge is 0.393 e. The van der Waals surface area contributed by atoms with E-state index >= 15 is 0 Å². The van der Waals surface area contributed by atoms with Gasteiger partial charge in [-0.3, -0.25) is 4.79 Å². The van der Waals surface area contributed by atoms with Crippen LogP contribution in [-0.4, -0.2) is 36.2 Å². The quantitative estimate of drug-likeness (QED) is 0.757. The number of nitrogens with zero attached hydrogens (tertiary/aromatic N) is 1. The number of alkyl halides is 3. The first-order chi connectivity index (χ1) is 12.8. The third-order valence-corrected chi connectivity index (χ3v) is 4.82. The summed E-state index contributed by atoms with van der Waals surface area (Å²) in [4.78, 5) is 13.8. The first-order valence-corrected chi connectivity index (χ1v) is 9.02. The number of carbonyl (C=O) groups is 1. The van der Waals surface area contributed by atoms with Crippen molar-refractivity contribution in [3.8, 4) is 16.9 Å². The second-order valence-corrected chi connectivity index (χ2v) is 6.82. The maximum absolute atomic E-state index is 12.9. The van der Waals surface area contributed by atoms with E-state index in [1.54, 1.807) is 19.1 Å². The van der Waals surface area contributed by atoms with Gasteiger partial charge in [0.1, 0.15) is 5.75 Å². The zero-order chi connectivity index (χ0) is 19.4. The lowest BCUT2D eigenvalue weighted by molar-refractivity contribution is -0.189. The van der Waals surface area contributed by atoms with Gasteiger partial charge in [-0.05, 0) is 43.0 Å². The van der Waals surface area contributed by atoms with Gasteiger partial charge in [0.15, 0.2) is 6.10 Å². The highest BCUT2D eigenvalue weighted by molar-refractivity contribution is 5.81. The standard InChI is InChI=1S/C21H22F3NO2/c1-15(20(26)25-13-5-8-18(14-25)21(22,23)24)27-19-11-9-17(10-12-19)16-6-3-2-4-7-16/h2-4,6-7,9-12,15,18H,5,8,13-14H2,1H3. The predicted molar refractivity (Wildman–Crippen MR) is 97.3 cm³/mol. The maximum atomic E-state index is 12.9. The van der Waals surface area contributed by atoms with Crippen molar-refractivity contribution in [1.82, 2.24) is 4.90 Å². The molecule has 27 heavy (non-hydrogen) atoms. The first kappa shape index (κ1) is 19.3. The van der Waals surface area contributed by atoms with Gasteiger partial charge in [-0.1, -0.05) is 42.5 Å². The molecular formula is C21H22F3NO2. The first-order valence-electron chi connectivity index (χ1n) is 9.02. The molecule has 0 bridgehead atoms. The maximum Gasteiger partial charge on any atom is 0.393 e. The van der Waals surface area contributed by atoms with Gasteiger partial charge in [-0.15, -0.1) is 0 Å². The van der Waals surface area contributed by atoms with E-state index in [1.807, 2.05) is 42.5 Å². The largest absolute Gasteiger partial charge is 0.481 e. The Balaban J connectivity index is 1.61. The van der Waals surface area contributed by atoms with Crippen molar-refractivity contribution >= 4 is 5.91 Å². The average Bonchev–Trinajstić information content (AvgIpc) is 2.68. The van der Waals surface area contributed by atoms with Gasteiger partial charge in [0, 0.05) is 13.1 Å². The van der Waals surface area contributed by atoms with E-state index in [1.165, 1.54) is 4.90 Å². The summed E-state index contributed by atoms with van der Waals surface area (Å²) >= 11 is 0. The summed E-state index contributed by atoms with van der Waals surface area (Å²) in [6.07, 6.45) is -4.67. The molecule has 0 aliphatic carbocycles. The van der Waals surface area contributed by atoms with E-state index < -0.39 is 24.1 Å². The Kier molecular flexibility index (Phi) is 5.73. The number of benzene rings is 2.